The maximum absolute atomic E-state index is 13.1. The summed E-state index contributed by atoms with van der Waals surface area (Å²) in [5.41, 5.74) is 3.33. The zero-order valence-corrected chi connectivity index (χ0v) is 52.3. The summed E-state index contributed by atoms with van der Waals surface area (Å²) in [6.45, 7) is 13.4. The van der Waals surface area contributed by atoms with E-state index in [0.29, 0.717) is 68.5 Å². The Morgan fingerprint density at radius 2 is 0.895 bits per heavy atom. The molecule has 6 amide bonds. The number of aromatic nitrogens is 8. The number of tetrazole rings is 2. The number of carbonyl (C=O) groups is 8. The van der Waals surface area contributed by atoms with Gasteiger partial charge in [0, 0.05) is 45.8 Å². The second-order valence-electron chi connectivity index (χ2n) is 21.1. The number of rotatable bonds is 30. The number of Topliss-reactive ketones (excluding diaryl/α,β-unsaturated/α-hetero) is 2. The molecule has 6 rings (SSSR count). The number of amides is 6. The van der Waals surface area contributed by atoms with Crippen LogP contribution >= 0.6 is 46.4 Å². The lowest BCUT2D eigenvalue weighted by Gasteiger charge is -2.25. The van der Waals surface area contributed by atoms with Gasteiger partial charge in [-0.1, -0.05) is 161 Å². The van der Waals surface area contributed by atoms with Crippen LogP contribution in [0.5, 0.6) is 0 Å². The van der Waals surface area contributed by atoms with E-state index in [0.717, 1.165) is 15.9 Å². The number of halogens is 4. The molecule has 0 aliphatic rings. The molecule has 2 heterocycles. The number of hydrogen-bond donors (Lipinski definition) is 6. The van der Waals surface area contributed by atoms with Crippen molar-refractivity contribution in [3.63, 3.8) is 0 Å². The van der Waals surface area contributed by atoms with Gasteiger partial charge < -0.3 is 31.9 Å². The highest BCUT2D eigenvalue weighted by molar-refractivity contribution is 6.36. The van der Waals surface area contributed by atoms with E-state index in [-0.39, 0.29) is 74.0 Å². The largest absolute Gasteiger partial charge is 0.344 e. The van der Waals surface area contributed by atoms with Crippen LogP contribution in [-0.2, 0) is 77.1 Å². The lowest BCUT2D eigenvalue weighted by Crippen LogP contribution is -2.56. The third kappa shape index (κ3) is 21.7. The first-order chi connectivity index (χ1) is 41.0. The average Bonchev–Trinajstić information content (AvgIpc) is 4.33. The highest BCUT2D eigenvalue weighted by Crippen LogP contribution is 2.27. The van der Waals surface area contributed by atoms with Crippen LogP contribution in [0.3, 0.4) is 0 Å². The molecule has 2 aromatic heterocycles. The molecule has 6 atom stereocenters. The van der Waals surface area contributed by atoms with Gasteiger partial charge >= 0.3 is 0 Å². The van der Waals surface area contributed by atoms with Crippen LogP contribution in [0.25, 0.3) is 0 Å². The van der Waals surface area contributed by atoms with E-state index in [2.05, 4.69) is 62.8 Å². The van der Waals surface area contributed by atoms with Gasteiger partial charge in [-0.15, -0.1) is 15.3 Å². The summed E-state index contributed by atoms with van der Waals surface area (Å²) in [4.78, 5) is 104. The Labute approximate surface area is 520 Å². The lowest BCUT2D eigenvalue weighted by atomic mass is 10.0. The highest BCUT2D eigenvalue weighted by Gasteiger charge is 2.31. The van der Waals surface area contributed by atoms with Crippen LogP contribution in [0, 0.1) is 11.8 Å². The number of benzene rings is 4. The number of nitrogens with zero attached hydrogens (tertiary/aromatic N) is 8. The quantitative estimate of drug-likeness (QED) is 0.0276. The van der Waals surface area contributed by atoms with Crippen LogP contribution < -0.4 is 31.9 Å². The van der Waals surface area contributed by atoms with Crippen molar-refractivity contribution in [2.75, 3.05) is 0 Å². The van der Waals surface area contributed by atoms with Gasteiger partial charge in [0.1, 0.15) is 37.3 Å². The molecule has 0 fully saturated rings. The lowest BCUT2D eigenvalue weighted by molar-refractivity contribution is -0.133. The van der Waals surface area contributed by atoms with Gasteiger partial charge in [0.15, 0.2) is 23.2 Å². The van der Waals surface area contributed by atoms with E-state index in [1.165, 1.54) is 18.5 Å². The summed E-state index contributed by atoms with van der Waals surface area (Å²) in [6, 6.07) is 24.2. The van der Waals surface area contributed by atoms with Gasteiger partial charge in [-0.2, -0.15) is 4.80 Å². The third-order valence-electron chi connectivity index (χ3n) is 13.7. The Bertz CT molecular complexity index is 3220. The molecule has 0 bridgehead atoms. The van der Waals surface area contributed by atoms with Crippen LogP contribution in [0.1, 0.15) is 115 Å². The fourth-order valence-corrected chi connectivity index (χ4v) is 9.69. The van der Waals surface area contributed by atoms with Crippen LogP contribution in [0.2, 0.25) is 20.1 Å². The second kappa shape index (κ2) is 34.5. The molecule has 0 saturated carbocycles. The topological polar surface area (TPSA) is 296 Å². The predicted octanol–water partition coefficient (Wildman–Crippen LogP) is 6.63. The van der Waals surface area contributed by atoms with Crippen molar-refractivity contribution in [2.45, 2.75) is 156 Å². The molecular formula is C60H74Cl4N14O8. The zero-order chi connectivity index (χ0) is 63.0. The third-order valence-corrected chi connectivity index (χ3v) is 15.1. The zero-order valence-electron chi connectivity index (χ0n) is 49.3. The summed E-state index contributed by atoms with van der Waals surface area (Å²) in [7, 11) is 0. The fourth-order valence-electron chi connectivity index (χ4n) is 8.63. The number of hydrogen-bond acceptors (Lipinski definition) is 14. The minimum atomic E-state index is -0.956. The molecule has 460 valence electrons. The molecule has 86 heavy (non-hydrogen) atoms. The molecule has 6 N–H and O–H groups in total. The van der Waals surface area contributed by atoms with Gasteiger partial charge in [0.05, 0.1) is 12.1 Å². The molecule has 22 nitrogen and oxygen atoms in total. The summed E-state index contributed by atoms with van der Waals surface area (Å²) in [5.74, 6) is -2.92. The van der Waals surface area contributed by atoms with Crippen molar-refractivity contribution in [1.29, 1.82) is 0 Å². The van der Waals surface area contributed by atoms with E-state index >= 15 is 0 Å². The van der Waals surface area contributed by atoms with Crippen molar-refractivity contribution in [3.05, 3.63) is 151 Å². The molecule has 0 aliphatic heterocycles. The summed E-state index contributed by atoms with van der Waals surface area (Å²) < 4.78 is 1.34. The molecule has 0 radical (unpaired) electrons. The molecule has 26 heteroatoms. The molecule has 2 unspecified atom stereocenters. The monoisotopic (exact) mass is 1260 g/mol. The molecule has 4 aromatic carbocycles. The first-order valence-corrected chi connectivity index (χ1v) is 29.8. The van der Waals surface area contributed by atoms with Gasteiger partial charge in [-0.3, -0.25) is 38.4 Å². The molecule has 0 aliphatic carbocycles. The minimum absolute atomic E-state index is 0.186. The van der Waals surface area contributed by atoms with Gasteiger partial charge in [0.2, 0.25) is 35.4 Å². The number of carbonyl (C=O) groups excluding carboxylic acids is 8. The SMILES string of the molecule is CCC(NC(=O)[C@H](C)NC(=O)[C@@H](NC(=O)CCc1ccccc1)C(C)C)C(=O)Cn1nnc(Cc2c(Cl)cccc2Cl)n1.CCC(NC(=O)[C@H](C)NC(=O)[C@@H](NC(=O)CCc1ccccc1)C(C)C)C(=O)Cn1nnnc1Cc1c(Cl)cccc1Cl. The first-order valence-electron chi connectivity index (χ1n) is 28.3. The maximum Gasteiger partial charge on any atom is 0.243 e. The summed E-state index contributed by atoms with van der Waals surface area (Å²) >= 11 is 25.0. The summed E-state index contributed by atoms with van der Waals surface area (Å²) in [6.07, 6.45) is 2.63. The Kier molecular flexibility index (Phi) is 27.7. The highest BCUT2D eigenvalue weighted by atomic mass is 35.5. The molecular weight excluding hydrogens is 1190 g/mol. The maximum atomic E-state index is 13.1. The molecule has 0 spiro atoms. The van der Waals surface area contributed by atoms with Gasteiger partial charge in [-0.25, -0.2) is 4.68 Å². The number of nitrogens with one attached hydrogen (secondary N) is 6. The molecule has 0 saturated heterocycles. The summed E-state index contributed by atoms with van der Waals surface area (Å²) in [5, 5.41) is 41.9. The normalized spacial score (nSPS) is 13.2. The fraction of sp³-hybridized carbons (Fsp3) is 0.433. The minimum Gasteiger partial charge on any atom is -0.344 e. The van der Waals surface area contributed by atoms with Gasteiger partial charge in [0.25, 0.3) is 0 Å². The van der Waals surface area contributed by atoms with Gasteiger partial charge in [-0.05, 0) is 114 Å². The standard InChI is InChI=1S/2C30H37Cl2N7O4/c1-5-24(25(40)17-39-26(36-37-38-39)16-21-22(31)12-9-13-23(21)32)34-29(42)19(4)33-30(43)28(18(2)3)35-27(41)15-14-20-10-7-6-8-11-20;1-5-24(25(40)17-39-37-26(36-38-39)16-21-22(31)12-9-13-23(21)32)34-29(42)19(4)33-30(43)28(18(2)3)35-27(41)15-14-20-10-7-6-8-11-20/h2*6-13,18-19,24,28H,5,14-17H2,1-4H3,(H,33,43)(H,34,42)(H,35,41)/t2*19-,24?,28-/m00/s1. The van der Waals surface area contributed by atoms with E-state index in [1.807, 2.05) is 88.4 Å². The first kappa shape index (κ1) is 69.1. The van der Waals surface area contributed by atoms with Crippen molar-refractivity contribution in [2.24, 2.45) is 11.8 Å². The second-order valence-corrected chi connectivity index (χ2v) is 22.8. The van der Waals surface area contributed by atoms with E-state index in [4.69, 9.17) is 46.4 Å². The predicted molar refractivity (Wildman–Crippen MR) is 327 cm³/mol. The van der Waals surface area contributed by atoms with Crippen molar-refractivity contribution >= 4 is 93.4 Å². The smallest absolute Gasteiger partial charge is 0.243 e. The average molecular weight is 1260 g/mol. The van der Waals surface area contributed by atoms with E-state index in [1.54, 1.807) is 50.2 Å². The molecule has 6 aromatic rings. The van der Waals surface area contributed by atoms with Crippen LogP contribution in [0.15, 0.2) is 97.1 Å². The van der Waals surface area contributed by atoms with Crippen molar-refractivity contribution in [1.82, 2.24) is 72.3 Å². The number of ketones is 2. The van der Waals surface area contributed by atoms with E-state index < -0.39 is 59.9 Å². The van der Waals surface area contributed by atoms with E-state index in [9.17, 15) is 38.4 Å². The Balaban J connectivity index is 0.000000314. The van der Waals surface area contributed by atoms with Crippen LogP contribution in [0.4, 0.5) is 0 Å². The Morgan fingerprint density at radius 3 is 1.31 bits per heavy atom. The Hall–Kier alpha value is -7.66. The van der Waals surface area contributed by atoms with Crippen molar-refractivity contribution in [3.8, 4) is 0 Å². The number of aryl methyl sites for hydroxylation is 2. The van der Waals surface area contributed by atoms with Crippen molar-refractivity contribution < 1.29 is 38.4 Å². The van der Waals surface area contributed by atoms with Crippen LogP contribution in [-0.4, -0.2) is 124 Å². The Morgan fingerprint density at radius 1 is 0.477 bits per heavy atom.